The van der Waals surface area contributed by atoms with Crippen molar-refractivity contribution in [3.05, 3.63) is 46.6 Å². The van der Waals surface area contributed by atoms with Crippen molar-refractivity contribution in [2.24, 2.45) is 0 Å². The largest absolute Gasteiger partial charge is 0.505 e. The van der Waals surface area contributed by atoms with Gasteiger partial charge in [-0.1, -0.05) is 0 Å². The molecular formula is C10H7FN2O2. The average molecular weight is 206 g/mol. The second-order valence-corrected chi connectivity index (χ2v) is 2.95. The molecule has 0 aliphatic carbocycles. The molecule has 1 aromatic carbocycles. The minimum atomic E-state index is -0.751. The van der Waals surface area contributed by atoms with Gasteiger partial charge in [0.1, 0.15) is 5.82 Å². The van der Waals surface area contributed by atoms with Crippen molar-refractivity contribution in [3.63, 3.8) is 0 Å². The monoisotopic (exact) mass is 206 g/mol. The first-order valence-corrected chi connectivity index (χ1v) is 4.21. The maximum Gasteiger partial charge on any atom is 0.251 e. The number of H-pyrrole nitrogens is 1. The molecule has 0 unspecified atom stereocenters. The zero-order valence-electron chi connectivity index (χ0n) is 7.57. The Balaban J connectivity index is 2.55. The van der Waals surface area contributed by atoms with E-state index in [4.69, 9.17) is 5.11 Å². The first kappa shape index (κ1) is 9.39. The first-order valence-electron chi connectivity index (χ1n) is 4.21. The molecule has 0 aliphatic heterocycles. The second kappa shape index (κ2) is 3.53. The predicted octanol–water partition coefficient (Wildman–Crippen LogP) is 1.28. The third-order valence-corrected chi connectivity index (χ3v) is 1.89. The Labute approximate surface area is 84.0 Å². The molecule has 0 amide bonds. The quantitative estimate of drug-likeness (QED) is 0.738. The van der Waals surface area contributed by atoms with Crippen LogP contribution in [0.3, 0.4) is 0 Å². The zero-order valence-corrected chi connectivity index (χ0v) is 7.57. The van der Waals surface area contributed by atoms with E-state index in [0.717, 1.165) is 6.07 Å². The summed E-state index contributed by atoms with van der Waals surface area (Å²) in [6, 6.07) is 5.04. The smallest absolute Gasteiger partial charge is 0.251 e. The summed E-state index contributed by atoms with van der Waals surface area (Å²) in [4.78, 5) is 17.3. The summed E-state index contributed by atoms with van der Waals surface area (Å²) in [6.07, 6.45) is 1.33. The molecule has 0 saturated carbocycles. The molecule has 0 radical (unpaired) electrons. The molecule has 1 aromatic heterocycles. The van der Waals surface area contributed by atoms with Crippen molar-refractivity contribution < 1.29 is 9.50 Å². The fourth-order valence-corrected chi connectivity index (χ4v) is 1.17. The topological polar surface area (TPSA) is 66.0 Å². The van der Waals surface area contributed by atoms with Crippen molar-refractivity contribution >= 4 is 0 Å². The minimum absolute atomic E-state index is 0.265. The maximum atomic E-state index is 13.0. The van der Waals surface area contributed by atoms with Gasteiger partial charge in [0.15, 0.2) is 11.6 Å². The fraction of sp³-hybridized carbons (Fsp3) is 0. The van der Waals surface area contributed by atoms with Crippen molar-refractivity contribution in [1.82, 2.24) is 9.97 Å². The third-order valence-electron chi connectivity index (χ3n) is 1.89. The van der Waals surface area contributed by atoms with Crippen LogP contribution in [0.1, 0.15) is 0 Å². The third kappa shape index (κ3) is 1.85. The van der Waals surface area contributed by atoms with E-state index in [1.165, 1.54) is 24.4 Å². The molecule has 2 rings (SSSR count). The molecule has 2 N–H and O–H groups in total. The van der Waals surface area contributed by atoms with Crippen molar-refractivity contribution in [2.75, 3.05) is 0 Å². The molecule has 5 heteroatoms. The molecule has 0 atom stereocenters. The second-order valence-electron chi connectivity index (χ2n) is 2.95. The van der Waals surface area contributed by atoms with Gasteiger partial charge in [-0.15, -0.1) is 0 Å². The Morgan fingerprint density at radius 2 is 2.13 bits per heavy atom. The normalized spacial score (nSPS) is 10.2. The van der Waals surface area contributed by atoms with E-state index in [9.17, 15) is 9.18 Å². The Kier molecular flexibility index (Phi) is 2.21. The van der Waals surface area contributed by atoms with Crippen molar-refractivity contribution in [1.29, 1.82) is 0 Å². The SMILES string of the molecule is O=c1ccnc(-c2ccc(O)c(F)c2)[nH]1. The Bertz CT molecular complexity index is 551. The van der Waals surface area contributed by atoms with E-state index in [1.807, 2.05) is 0 Å². The van der Waals surface area contributed by atoms with Gasteiger partial charge in [0.2, 0.25) is 0 Å². The molecule has 15 heavy (non-hydrogen) atoms. The highest BCUT2D eigenvalue weighted by Gasteiger charge is 2.04. The molecule has 0 saturated heterocycles. The minimum Gasteiger partial charge on any atom is -0.505 e. The lowest BCUT2D eigenvalue weighted by Gasteiger charge is -2.00. The fourth-order valence-electron chi connectivity index (χ4n) is 1.17. The molecule has 0 bridgehead atoms. The van der Waals surface area contributed by atoms with Gasteiger partial charge in [0.05, 0.1) is 0 Å². The van der Waals surface area contributed by atoms with Gasteiger partial charge in [-0.05, 0) is 18.2 Å². The van der Waals surface area contributed by atoms with Crippen molar-refractivity contribution in [2.45, 2.75) is 0 Å². The highest BCUT2D eigenvalue weighted by molar-refractivity contribution is 5.55. The standard InChI is InChI=1S/C10H7FN2O2/c11-7-5-6(1-2-8(7)14)10-12-4-3-9(15)13-10/h1-5,14H,(H,12,13,15). The van der Waals surface area contributed by atoms with Crippen LogP contribution in [0, 0.1) is 5.82 Å². The predicted molar refractivity (Wildman–Crippen MR) is 51.9 cm³/mol. The van der Waals surface area contributed by atoms with Crippen LogP contribution in [0.15, 0.2) is 35.3 Å². The summed E-state index contributed by atoms with van der Waals surface area (Å²) < 4.78 is 13.0. The summed E-state index contributed by atoms with van der Waals surface area (Å²) in [5, 5.41) is 8.98. The van der Waals surface area contributed by atoms with E-state index in [2.05, 4.69) is 9.97 Å². The Morgan fingerprint density at radius 3 is 2.80 bits per heavy atom. The maximum absolute atomic E-state index is 13.0. The Hall–Kier alpha value is -2.17. The molecule has 76 valence electrons. The van der Waals surface area contributed by atoms with E-state index in [1.54, 1.807) is 0 Å². The number of aromatic nitrogens is 2. The van der Waals surface area contributed by atoms with E-state index in [-0.39, 0.29) is 11.4 Å². The van der Waals surface area contributed by atoms with Crippen LogP contribution >= 0.6 is 0 Å². The van der Waals surface area contributed by atoms with Gasteiger partial charge >= 0.3 is 0 Å². The number of nitrogens with zero attached hydrogens (tertiary/aromatic N) is 1. The highest BCUT2D eigenvalue weighted by Crippen LogP contribution is 2.21. The molecule has 4 nitrogen and oxygen atoms in total. The Morgan fingerprint density at radius 1 is 1.33 bits per heavy atom. The van der Waals surface area contributed by atoms with Crippen LogP contribution in [0.2, 0.25) is 0 Å². The number of benzene rings is 1. The molecule has 1 heterocycles. The lowest BCUT2D eigenvalue weighted by Crippen LogP contribution is -2.05. The molecule has 0 spiro atoms. The zero-order chi connectivity index (χ0) is 10.8. The summed E-state index contributed by atoms with van der Waals surface area (Å²) in [7, 11) is 0. The number of aromatic amines is 1. The van der Waals surface area contributed by atoms with Gasteiger partial charge in [-0.25, -0.2) is 9.37 Å². The van der Waals surface area contributed by atoms with Gasteiger partial charge in [0, 0.05) is 17.8 Å². The van der Waals surface area contributed by atoms with E-state index < -0.39 is 11.6 Å². The lowest BCUT2D eigenvalue weighted by atomic mass is 10.2. The molecule has 0 aliphatic rings. The van der Waals surface area contributed by atoms with E-state index in [0.29, 0.717) is 5.56 Å². The van der Waals surface area contributed by atoms with Crippen LogP contribution in [0.25, 0.3) is 11.4 Å². The van der Waals surface area contributed by atoms with Crippen LogP contribution < -0.4 is 5.56 Å². The number of rotatable bonds is 1. The molecular weight excluding hydrogens is 199 g/mol. The van der Waals surface area contributed by atoms with Crippen LogP contribution in [-0.2, 0) is 0 Å². The molecule has 0 fully saturated rings. The number of hydrogen-bond acceptors (Lipinski definition) is 3. The van der Waals surface area contributed by atoms with Crippen LogP contribution in [-0.4, -0.2) is 15.1 Å². The number of nitrogens with one attached hydrogen (secondary N) is 1. The summed E-state index contributed by atoms with van der Waals surface area (Å²) in [5.74, 6) is -0.919. The van der Waals surface area contributed by atoms with Gasteiger partial charge < -0.3 is 10.1 Å². The lowest BCUT2D eigenvalue weighted by molar-refractivity contribution is 0.432. The number of phenolic OH excluding ortho intramolecular Hbond substituents is 1. The number of phenols is 1. The summed E-state index contributed by atoms with van der Waals surface area (Å²) in [5.41, 5.74) is 0.0940. The summed E-state index contributed by atoms with van der Waals surface area (Å²) >= 11 is 0. The van der Waals surface area contributed by atoms with Crippen LogP contribution in [0.5, 0.6) is 5.75 Å². The number of halogens is 1. The average Bonchev–Trinajstić information content (AvgIpc) is 2.22. The first-order chi connectivity index (χ1) is 7.16. The number of hydrogen-bond donors (Lipinski definition) is 2. The van der Waals surface area contributed by atoms with E-state index >= 15 is 0 Å². The molecule has 2 aromatic rings. The number of aromatic hydroxyl groups is 1. The highest BCUT2D eigenvalue weighted by atomic mass is 19.1. The van der Waals surface area contributed by atoms with Gasteiger partial charge in [-0.3, -0.25) is 4.79 Å². The van der Waals surface area contributed by atoms with Gasteiger partial charge in [0.25, 0.3) is 5.56 Å². The van der Waals surface area contributed by atoms with Crippen molar-refractivity contribution in [3.8, 4) is 17.1 Å². The summed E-state index contributed by atoms with van der Waals surface area (Å²) in [6.45, 7) is 0. The van der Waals surface area contributed by atoms with Gasteiger partial charge in [-0.2, -0.15) is 0 Å². The van der Waals surface area contributed by atoms with Crippen LogP contribution in [0.4, 0.5) is 4.39 Å².